The molecule has 0 amide bonds. The molecule has 3 nitrogen and oxygen atoms in total. The van der Waals surface area contributed by atoms with Gasteiger partial charge in [-0.05, 0) is 36.2 Å². The summed E-state index contributed by atoms with van der Waals surface area (Å²) >= 11 is 0. The van der Waals surface area contributed by atoms with Crippen molar-refractivity contribution in [3.8, 4) is 11.5 Å². The second-order valence-electron chi connectivity index (χ2n) is 4.90. The normalized spacial score (nSPS) is 11.1. The molecule has 116 valence electrons. The highest BCUT2D eigenvalue weighted by Crippen LogP contribution is 2.26. The molecule has 2 rings (SSSR count). The topological polar surface area (TPSA) is 27.7 Å². The predicted molar refractivity (Wildman–Crippen MR) is 89.0 cm³/mol. The SMILES string of the molecule is CCCc1ccc(O/C=C(\OC)c2ccccc2OC)cc1. The van der Waals surface area contributed by atoms with Gasteiger partial charge in [0, 0.05) is 0 Å². The molecule has 0 radical (unpaired) electrons. The van der Waals surface area contributed by atoms with E-state index in [0.29, 0.717) is 5.76 Å². The van der Waals surface area contributed by atoms with Crippen LogP contribution in [0.3, 0.4) is 0 Å². The number of aryl methyl sites for hydroxylation is 1. The van der Waals surface area contributed by atoms with E-state index >= 15 is 0 Å². The zero-order valence-corrected chi connectivity index (χ0v) is 13.3. The van der Waals surface area contributed by atoms with E-state index < -0.39 is 0 Å². The zero-order valence-electron chi connectivity index (χ0n) is 13.3. The summed E-state index contributed by atoms with van der Waals surface area (Å²) in [6.45, 7) is 2.17. The summed E-state index contributed by atoms with van der Waals surface area (Å²) in [7, 11) is 3.26. The Hall–Kier alpha value is -2.42. The lowest BCUT2D eigenvalue weighted by molar-refractivity contribution is 0.345. The Labute approximate surface area is 132 Å². The molecule has 0 heterocycles. The molecule has 0 saturated carbocycles. The molecular weight excluding hydrogens is 276 g/mol. The van der Waals surface area contributed by atoms with Gasteiger partial charge < -0.3 is 14.2 Å². The van der Waals surface area contributed by atoms with Gasteiger partial charge in [-0.2, -0.15) is 0 Å². The molecule has 0 atom stereocenters. The van der Waals surface area contributed by atoms with Gasteiger partial charge >= 0.3 is 0 Å². The summed E-state index contributed by atoms with van der Waals surface area (Å²) in [6.07, 6.45) is 3.83. The van der Waals surface area contributed by atoms with Crippen LogP contribution in [0.5, 0.6) is 11.5 Å². The first-order valence-corrected chi connectivity index (χ1v) is 7.41. The summed E-state index contributed by atoms with van der Waals surface area (Å²) in [4.78, 5) is 0. The number of hydrogen-bond acceptors (Lipinski definition) is 3. The molecule has 0 aliphatic carbocycles. The van der Waals surface area contributed by atoms with E-state index in [-0.39, 0.29) is 0 Å². The molecule has 3 heteroatoms. The van der Waals surface area contributed by atoms with Crippen molar-refractivity contribution in [1.82, 2.24) is 0 Å². The second kappa shape index (κ2) is 8.13. The summed E-state index contributed by atoms with van der Waals surface area (Å²) < 4.78 is 16.5. The van der Waals surface area contributed by atoms with Gasteiger partial charge in [-0.15, -0.1) is 0 Å². The van der Waals surface area contributed by atoms with Crippen molar-refractivity contribution in [3.05, 3.63) is 65.9 Å². The average Bonchev–Trinajstić information content (AvgIpc) is 2.57. The number of rotatable bonds is 7. The molecule has 0 fully saturated rings. The minimum Gasteiger partial charge on any atom is -0.496 e. The van der Waals surface area contributed by atoms with Crippen LogP contribution in [-0.4, -0.2) is 14.2 Å². The Bertz CT molecular complexity index is 615. The molecule has 0 aliphatic rings. The first-order chi connectivity index (χ1) is 10.8. The van der Waals surface area contributed by atoms with Crippen LogP contribution in [0.1, 0.15) is 24.5 Å². The van der Waals surface area contributed by atoms with E-state index in [1.807, 2.05) is 36.4 Å². The molecule has 0 aliphatic heterocycles. The van der Waals surface area contributed by atoms with Crippen molar-refractivity contribution in [1.29, 1.82) is 0 Å². The molecule has 0 N–H and O–H groups in total. The van der Waals surface area contributed by atoms with Crippen LogP contribution in [0, 0.1) is 0 Å². The fourth-order valence-electron chi connectivity index (χ4n) is 2.21. The first kappa shape index (κ1) is 16.0. The van der Waals surface area contributed by atoms with Gasteiger partial charge in [0.25, 0.3) is 0 Å². The molecule has 0 aromatic heterocycles. The van der Waals surface area contributed by atoms with Crippen LogP contribution in [0.4, 0.5) is 0 Å². The van der Waals surface area contributed by atoms with Crippen molar-refractivity contribution in [2.24, 2.45) is 0 Å². The van der Waals surface area contributed by atoms with E-state index in [9.17, 15) is 0 Å². The molecule has 0 bridgehead atoms. The van der Waals surface area contributed by atoms with Crippen LogP contribution < -0.4 is 9.47 Å². The van der Waals surface area contributed by atoms with Crippen molar-refractivity contribution < 1.29 is 14.2 Å². The minimum atomic E-state index is 0.620. The van der Waals surface area contributed by atoms with Crippen LogP contribution in [0.25, 0.3) is 5.76 Å². The standard InChI is InChI=1S/C19H22O3/c1-4-7-15-10-12-16(13-11-15)22-14-19(21-3)17-8-5-6-9-18(17)20-2/h5-6,8-14H,4,7H2,1-3H3/b19-14-. The molecule has 2 aromatic carbocycles. The molecule has 0 saturated heterocycles. The number of ether oxygens (including phenoxy) is 3. The third-order valence-electron chi connectivity index (χ3n) is 3.36. The fourth-order valence-corrected chi connectivity index (χ4v) is 2.21. The molecule has 2 aromatic rings. The quantitative estimate of drug-likeness (QED) is 0.695. The third kappa shape index (κ3) is 4.04. The van der Waals surface area contributed by atoms with Gasteiger partial charge in [0.15, 0.2) is 5.76 Å². The largest absolute Gasteiger partial charge is 0.496 e. The Balaban J connectivity index is 2.15. The molecule has 0 unspecified atom stereocenters. The smallest absolute Gasteiger partial charge is 0.164 e. The monoisotopic (exact) mass is 298 g/mol. The van der Waals surface area contributed by atoms with Crippen LogP contribution in [0.2, 0.25) is 0 Å². The Kier molecular flexibility index (Phi) is 5.90. The third-order valence-corrected chi connectivity index (χ3v) is 3.36. The Morgan fingerprint density at radius 2 is 1.73 bits per heavy atom. The van der Waals surface area contributed by atoms with Crippen molar-refractivity contribution in [2.45, 2.75) is 19.8 Å². The number of methoxy groups -OCH3 is 2. The van der Waals surface area contributed by atoms with Crippen molar-refractivity contribution in [3.63, 3.8) is 0 Å². The van der Waals surface area contributed by atoms with Crippen LogP contribution in [-0.2, 0) is 11.2 Å². The highest BCUT2D eigenvalue weighted by atomic mass is 16.5. The lowest BCUT2D eigenvalue weighted by Crippen LogP contribution is -1.95. The van der Waals surface area contributed by atoms with E-state index in [1.54, 1.807) is 20.5 Å². The Morgan fingerprint density at radius 3 is 2.36 bits per heavy atom. The number of benzene rings is 2. The van der Waals surface area contributed by atoms with Gasteiger partial charge in [-0.3, -0.25) is 0 Å². The van der Waals surface area contributed by atoms with Crippen LogP contribution >= 0.6 is 0 Å². The lowest BCUT2D eigenvalue weighted by atomic mass is 10.1. The van der Waals surface area contributed by atoms with Crippen molar-refractivity contribution in [2.75, 3.05) is 14.2 Å². The number of para-hydroxylation sites is 1. The molecule has 0 spiro atoms. The van der Waals surface area contributed by atoms with Gasteiger partial charge in [0.1, 0.15) is 17.8 Å². The minimum absolute atomic E-state index is 0.620. The summed E-state index contributed by atoms with van der Waals surface area (Å²) in [6, 6.07) is 15.8. The Morgan fingerprint density at radius 1 is 1.00 bits per heavy atom. The first-order valence-electron chi connectivity index (χ1n) is 7.41. The predicted octanol–water partition coefficient (Wildman–Crippen LogP) is 4.67. The van der Waals surface area contributed by atoms with Gasteiger partial charge in [-0.25, -0.2) is 0 Å². The highest BCUT2D eigenvalue weighted by Gasteiger charge is 2.08. The molecular formula is C19H22O3. The van der Waals surface area contributed by atoms with E-state index in [1.165, 1.54) is 5.56 Å². The summed E-state index contributed by atoms with van der Waals surface area (Å²) in [5, 5.41) is 0. The maximum Gasteiger partial charge on any atom is 0.164 e. The van der Waals surface area contributed by atoms with Gasteiger partial charge in [0.2, 0.25) is 0 Å². The van der Waals surface area contributed by atoms with Gasteiger partial charge in [0.05, 0.1) is 19.8 Å². The maximum atomic E-state index is 5.70. The summed E-state index contributed by atoms with van der Waals surface area (Å²) in [5.41, 5.74) is 2.17. The maximum absolute atomic E-state index is 5.70. The fraction of sp³-hybridized carbons (Fsp3) is 0.263. The van der Waals surface area contributed by atoms with E-state index in [0.717, 1.165) is 29.9 Å². The summed E-state index contributed by atoms with van der Waals surface area (Å²) in [5.74, 6) is 2.15. The van der Waals surface area contributed by atoms with Crippen molar-refractivity contribution >= 4 is 5.76 Å². The van der Waals surface area contributed by atoms with E-state index in [4.69, 9.17) is 14.2 Å². The average molecular weight is 298 g/mol. The zero-order chi connectivity index (χ0) is 15.8. The lowest BCUT2D eigenvalue weighted by Gasteiger charge is -2.11. The van der Waals surface area contributed by atoms with Gasteiger partial charge in [-0.1, -0.05) is 37.6 Å². The van der Waals surface area contributed by atoms with E-state index in [2.05, 4.69) is 19.1 Å². The molecule has 22 heavy (non-hydrogen) atoms. The highest BCUT2D eigenvalue weighted by molar-refractivity contribution is 5.65. The number of hydrogen-bond donors (Lipinski definition) is 0. The van der Waals surface area contributed by atoms with Crippen LogP contribution in [0.15, 0.2) is 54.8 Å². The second-order valence-corrected chi connectivity index (χ2v) is 4.90.